The predicted molar refractivity (Wildman–Crippen MR) is 66.6 cm³/mol. The van der Waals surface area contributed by atoms with Gasteiger partial charge in [-0.05, 0) is 32.0 Å². The first-order valence-electron chi connectivity index (χ1n) is 5.27. The summed E-state index contributed by atoms with van der Waals surface area (Å²) in [7, 11) is 0. The van der Waals surface area contributed by atoms with E-state index in [0.29, 0.717) is 0 Å². The lowest BCUT2D eigenvalue weighted by atomic mass is 10.2. The van der Waals surface area contributed by atoms with Crippen molar-refractivity contribution in [2.75, 3.05) is 0 Å². The van der Waals surface area contributed by atoms with Gasteiger partial charge in [0.15, 0.2) is 0 Å². The fourth-order valence-corrected chi connectivity index (χ4v) is 1.12. The van der Waals surface area contributed by atoms with Crippen LogP contribution in [0.1, 0.15) is 21.7 Å². The monoisotopic (exact) mass is 246 g/mol. The quantitative estimate of drug-likeness (QED) is 0.805. The molecule has 0 aliphatic heterocycles. The minimum atomic E-state index is -1.03. The molecular formula is C13H14N2O3. The van der Waals surface area contributed by atoms with E-state index in [9.17, 15) is 4.79 Å². The fraction of sp³-hybridized carbons (Fsp3) is 0.154. The van der Waals surface area contributed by atoms with Crippen molar-refractivity contribution in [3.63, 3.8) is 0 Å². The summed E-state index contributed by atoms with van der Waals surface area (Å²) < 4.78 is 0. The number of benzene rings is 1. The van der Waals surface area contributed by atoms with Crippen LogP contribution >= 0.6 is 0 Å². The van der Waals surface area contributed by atoms with Gasteiger partial charge in [-0.1, -0.05) is 6.07 Å². The number of carbonyl (C=O) groups is 1. The molecule has 0 aliphatic rings. The molecule has 2 aromatic rings. The Kier molecular flexibility index (Phi) is 4.80. The van der Waals surface area contributed by atoms with Gasteiger partial charge in [0.25, 0.3) is 0 Å². The van der Waals surface area contributed by atoms with E-state index in [-0.39, 0.29) is 11.3 Å². The maximum atomic E-state index is 10.2. The summed E-state index contributed by atoms with van der Waals surface area (Å²) in [6.45, 7) is 3.89. The number of phenols is 1. The molecule has 0 radical (unpaired) electrons. The molecule has 0 aliphatic carbocycles. The molecule has 1 heterocycles. The highest BCUT2D eigenvalue weighted by molar-refractivity contribution is 5.87. The zero-order valence-electron chi connectivity index (χ0n) is 10.2. The molecule has 5 heteroatoms. The first-order chi connectivity index (χ1) is 8.50. The van der Waals surface area contributed by atoms with Gasteiger partial charge in [-0.2, -0.15) is 0 Å². The molecular weight excluding hydrogens is 232 g/mol. The molecule has 0 saturated carbocycles. The molecule has 0 saturated heterocycles. The number of hydrogen-bond donors (Lipinski definition) is 2. The Morgan fingerprint density at radius 1 is 1.11 bits per heavy atom. The number of phenolic OH excluding ortho intramolecular Hbond substituents is 1. The number of carboxylic acid groups (broad SMARTS) is 1. The van der Waals surface area contributed by atoms with E-state index in [0.717, 1.165) is 11.4 Å². The van der Waals surface area contributed by atoms with Gasteiger partial charge >= 0.3 is 5.97 Å². The summed E-state index contributed by atoms with van der Waals surface area (Å²) in [4.78, 5) is 18.3. The number of hydrogen-bond acceptors (Lipinski definition) is 4. The smallest absolute Gasteiger partial charge is 0.335 e. The molecule has 0 fully saturated rings. The second-order valence-electron chi connectivity index (χ2n) is 3.58. The third-order valence-corrected chi connectivity index (χ3v) is 2.22. The van der Waals surface area contributed by atoms with Crippen molar-refractivity contribution in [1.29, 1.82) is 0 Å². The fourth-order valence-electron chi connectivity index (χ4n) is 1.12. The number of nitrogens with zero attached hydrogens (tertiary/aromatic N) is 2. The van der Waals surface area contributed by atoms with Crippen molar-refractivity contribution in [3.05, 3.63) is 53.6 Å². The second-order valence-corrected chi connectivity index (χ2v) is 3.58. The lowest BCUT2D eigenvalue weighted by molar-refractivity contribution is 0.0696. The lowest BCUT2D eigenvalue weighted by Gasteiger charge is -1.92. The molecule has 1 aromatic carbocycles. The minimum Gasteiger partial charge on any atom is -0.508 e. The van der Waals surface area contributed by atoms with Crippen LogP contribution in [0.5, 0.6) is 5.75 Å². The van der Waals surface area contributed by atoms with Crippen LogP contribution in [-0.2, 0) is 0 Å². The highest BCUT2D eigenvalue weighted by Crippen LogP contribution is 2.09. The van der Waals surface area contributed by atoms with Gasteiger partial charge in [0, 0.05) is 12.4 Å². The van der Waals surface area contributed by atoms with Crippen molar-refractivity contribution >= 4 is 5.97 Å². The molecule has 5 nitrogen and oxygen atoms in total. The van der Waals surface area contributed by atoms with Crippen molar-refractivity contribution in [1.82, 2.24) is 9.97 Å². The first kappa shape index (κ1) is 13.6. The average Bonchev–Trinajstić information content (AvgIpc) is 2.34. The molecule has 94 valence electrons. The van der Waals surface area contributed by atoms with Gasteiger partial charge in [-0.3, -0.25) is 9.97 Å². The van der Waals surface area contributed by atoms with Gasteiger partial charge in [-0.15, -0.1) is 0 Å². The van der Waals surface area contributed by atoms with E-state index in [1.807, 2.05) is 13.8 Å². The molecule has 2 N–H and O–H groups in total. The Morgan fingerprint density at radius 2 is 1.67 bits per heavy atom. The summed E-state index contributed by atoms with van der Waals surface area (Å²) in [5.74, 6) is -1.06. The summed E-state index contributed by atoms with van der Waals surface area (Å²) in [6, 6.07) is 5.52. The Labute approximate surface area is 105 Å². The molecule has 0 amide bonds. The van der Waals surface area contributed by atoms with Crippen molar-refractivity contribution in [2.24, 2.45) is 0 Å². The zero-order valence-corrected chi connectivity index (χ0v) is 10.2. The molecule has 0 spiro atoms. The van der Waals surface area contributed by atoms with E-state index in [1.54, 1.807) is 12.4 Å². The molecule has 0 atom stereocenters. The number of rotatable bonds is 1. The van der Waals surface area contributed by atoms with Crippen LogP contribution in [0.3, 0.4) is 0 Å². The maximum absolute atomic E-state index is 10.2. The Hall–Kier alpha value is -2.43. The number of aromatic nitrogens is 2. The molecule has 0 unspecified atom stereocenters. The topological polar surface area (TPSA) is 83.3 Å². The van der Waals surface area contributed by atoms with Gasteiger partial charge in [0.2, 0.25) is 0 Å². The Morgan fingerprint density at radius 3 is 2.00 bits per heavy atom. The van der Waals surface area contributed by atoms with Crippen LogP contribution in [-0.4, -0.2) is 26.2 Å². The van der Waals surface area contributed by atoms with Gasteiger partial charge in [0.05, 0.1) is 17.0 Å². The van der Waals surface area contributed by atoms with Crippen molar-refractivity contribution < 1.29 is 15.0 Å². The highest BCUT2D eigenvalue weighted by atomic mass is 16.4. The van der Waals surface area contributed by atoms with Crippen LogP contribution in [0, 0.1) is 13.8 Å². The molecule has 0 bridgehead atoms. The largest absolute Gasteiger partial charge is 0.508 e. The van der Waals surface area contributed by atoms with Crippen LogP contribution in [0.25, 0.3) is 0 Å². The average molecular weight is 246 g/mol. The number of aromatic carboxylic acids is 1. The minimum absolute atomic E-state index is 0.0279. The van der Waals surface area contributed by atoms with E-state index in [4.69, 9.17) is 10.2 Å². The van der Waals surface area contributed by atoms with Crippen molar-refractivity contribution in [2.45, 2.75) is 13.8 Å². The number of aryl methyl sites for hydroxylation is 2. The second kappa shape index (κ2) is 6.34. The lowest BCUT2D eigenvalue weighted by Crippen LogP contribution is -1.94. The van der Waals surface area contributed by atoms with Gasteiger partial charge in [0.1, 0.15) is 5.75 Å². The van der Waals surface area contributed by atoms with Crippen LogP contribution in [0.15, 0.2) is 36.7 Å². The first-order valence-corrected chi connectivity index (χ1v) is 5.27. The van der Waals surface area contributed by atoms with E-state index in [2.05, 4.69) is 9.97 Å². The number of aromatic hydroxyl groups is 1. The van der Waals surface area contributed by atoms with Crippen LogP contribution in [0.2, 0.25) is 0 Å². The van der Waals surface area contributed by atoms with Crippen LogP contribution < -0.4 is 0 Å². The molecule has 2 rings (SSSR count). The third-order valence-electron chi connectivity index (χ3n) is 2.22. The van der Waals surface area contributed by atoms with Crippen molar-refractivity contribution in [3.8, 4) is 5.75 Å². The third kappa shape index (κ3) is 4.21. The Balaban J connectivity index is 0.000000184. The number of carboxylic acids is 1. The summed E-state index contributed by atoms with van der Waals surface area (Å²) in [6.07, 6.45) is 3.39. The predicted octanol–water partition coefficient (Wildman–Crippen LogP) is 2.18. The maximum Gasteiger partial charge on any atom is 0.335 e. The van der Waals surface area contributed by atoms with Gasteiger partial charge in [-0.25, -0.2) is 4.79 Å². The molecule has 1 aromatic heterocycles. The van der Waals surface area contributed by atoms with Crippen LogP contribution in [0.4, 0.5) is 0 Å². The standard InChI is InChI=1S/C7H6O3.C6H8N2/c8-6-3-1-2-5(4-6)7(9)10;1-5-6(2)8-4-3-7-5/h1-4,8H,(H,9,10);3-4H,1-2H3. The summed E-state index contributed by atoms with van der Waals surface area (Å²) in [5.41, 5.74) is 2.11. The van der Waals surface area contributed by atoms with E-state index in [1.165, 1.54) is 24.3 Å². The van der Waals surface area contributed by atoms with E-state index >= 15 is 0 Å². The molecule has 18 heavy (non-hydrogen) atoms. The summed E-state index contributed by atoms with van der Waals surface area (Å²) >= 11 is 0. The zero-order chi connectivity index (χ0) is 13.5. The normalized spacial score (nSPS) is 9.22. The highest BCUT2D eigenvalue weighted by Gasteiger charge is 2.00. The van der Waals surface area contributed by atoms with Gasteiger partial charge < -0.3 is 10.2 Å². The summed E-state index contributed by atoms with van der Waals surface area (Å²) in [5, 5.41) is 17.2. The Bertz CT molecular complexity index is 520. The van der Waals surface area contributed by atoms with E-state index < -0.39 is 5.97 Å². The SMILES string of the molecule is Cc1nccnc1C.O=C(O)c1cccc(O)c1.